The van der Waals surface area contributed by atoms with E-state index in [0.29, 0.717) is 0 Å². The zero-order valence-electron chi connectivity index (χ0n) is 10.6. The maximum absolute atomic E-state index is 10.8. The van der Waals surface area contributed by atoms with E-state index in [0.717, 1.165) is 16.3 Å². The van der Waals surface area contributed by atoms with Crippen LogP contribution in [0.4, 0.5) is 5.82 Å². The second-order valence-electron chi connectivity index (χ2n) is 4.03. The van der Waals surface area contributed by atoms with E-state index in [1.165, 1.54) is 23.6 Å². The van der Waals surface area contributed by atoms with E-state index in [-0.39, 0.29) is 18.2 Å². The van der Waals surface area contributed by atoms with Crippen LogP contribution in [0.3, 0.4) is 0 Å². The summed E-state index contributed by atoms with van der Waals surface area (Å²) in [5, 5.41) is 17.7. The summed E-state index contributed by atoms with van der Waals surface area (Å²) in [7, 11) is 0. The molecule has 0 aliphatic heterocycles. The Morgan fingerprint density at radius 1 is 1.33 bits per heavy atom. The quantitative estimate of drug-likeness (QED) is 0.528. The van der Waals surface area contributed by atoms with Crippen molar-refractivity contribution in [1.82, 2.24) is 9.97 Å². The number of pyridine rings is 1. The van der Waals surface area contributed by atoms with E-state index >= 15 is 0 Å². The molecule has 6 nitrogen and oxygen atoms in total. The molecule has 0 spiro atoms. The predicted molar refractivity (Wildman–Crippen MR) is 80.7 cm³/mol. The third kappa shape index (κ3) is 3.06. The SMILES string of the molecule is O=[N+]([O-])c1ncccc1OCc1csc(-c2ccsc2)n1. The number of nitro groups is 1. The first-order valence-corrected chi connectivity index (χ1v) is 7.75. The van der Waals surface area contributed by atoms with Gasteiger partial charge in [-0.25, -0.2) is 4.98 Å². The van der Waals surface area contributed by atoms with E-state index in [2.05, 4.69) is 9.97 Å². The molecular weight excluding hydrogens is 310 g/mol. The van der Waals surface area contributed by atoms with Crippen molar-refractivity contribution < 1.29 is 9.66 Å². The average Bonchev–Trinajstić information content (AvgIpc) is 3.16. The van der Waals surface area contributed by atoms with Crippen LogP contribution in [0.15, 0.2) is 40.5 Å². The van der Waals surface area contributed by atoms with Gasteiger partial charge in [0.25, 0.3) is 0 Å². The Morgan fingerprint density at radius 3 is 3.00 bits per heavy atom. The van der Waals surface area contributed by atoms with Gasteiger partial charge >= 0.3 is 5.82 Å². The van der Waals surface area contributed by atoms with Gasteiger partial charge in [-0.3, -0.25) is 0 Å². The highest BCUT2D eigenvalue weighted by Gasteiger charge is 2.16. The molecule has 0 saturated carbocycles. The smallest absolute Gasteiger partial charge is 0.406 e. The third-order valence-corrected chi connectivity index (χ3v) is 4.24. The van der Waals surface area contributed by atoms with E-state index in [4.69, 9.17) is 4.74 Å². The fourth-order valence-electron chi connectivity index (χ4n) is 1.68. The number of rotatable bonds is 5. The maximum atomic E-state index is 10.8. The summed E-state index contributed by atoms with van der Waals surface area (Å²) >= 11 is 3.13. The van der Waals surface area contributed by atoms with Gasteiger partial charge in [-0.15, -0.1) is 11.3 Å². The molecule has 0 atom stereocenters. The molecule has 0 radical (unpaired) electrons. The van der Waals surface area contributed by atoms with Crippen LogP contribution in [-0.4, -0.2) is 14.9 Å². The average molecular weight is 319 g/mol. The van der Waals surface area contributed by atoms with Gasteiger partial charge in [0.1, 0.15) is 17.8 Å². The summed E-state index contributed by atoms with van der Waals surface area (Å²) in [5.74, 6) is -0.140. The molecule has 3 aromatic rings. The molecule has 0 aliphatic carbocycles. The van der Waals surface area contributed by atoms with Gasteiger partial charge in [0, 0.05) is 16.3 Å². The third-order valence-electron chi connectivity index (χ3n) is 2.62. The summed E-state index contributed by atoms with van der Waals surface area (Å²) in [6.07, 6.45) is 1.36. The highest BCUT2D eigenvalue weighted by molar-refractivity contribution is 7.14. The van der Waals surface area contributed by atoms with Gasteiger partial charge in [-0.1, -0.05) is 0 Å². The van der Waals surface area contributed by atoms with Crippen LogP contribution in [0, 0.1) is 10.1 Å². The molecule has 8 heteroatoms. The molecule has 3 aromatic heterocycles. The summed E-state index contributed by atoms with van der Waals surface area (Å²) < 4.78 is 5.46. The Labute approximate surface area is 127 Å². The Hall–Kier alpha value is -2.32. The van der Waals surface area contributed by atoms with Crippen molar-refractivity contribution in [2.24, 2.45) is 0 Å². The minimum Gasteiger partial charge on any atom is -0.479 e. The van der Waals surface area contributed by atoms with Gasteiger partial charge in [-0.2, -0.15) is 11.3 Å². The minimum absolute atomic E-state index is 0.146. The normalized spacial score (nSPS) is 10.5. The molecule has 0 fully saturated rings. The number of hydrogen-bond acceptors (Lipinski definition) is 7. The number of hydrogen-bond donors (Lipinski definition) is 0. The zero-order chi connectivity index (χ0) is 14.7. The lowest BCUT2D eigenvalue weighted by Crippen LogP contribution is -2.00. The molecule has 21 heavy (non-hydrogen) atoms. The highest BCUT2D eigenvalue weighted by atomic mass is 32.1. The second kappa shape index (κ2) is 5.98. The van der Waals surface area contributed by atoms with Crippen molar-refractivity contribution in [1.29, 1.82) is 0 Å². The van der Waals surface area contributed by atoms with Crippen molar-refractivity contribution in [2.75, 3.05) is 0 Å². The van der Waals surface area contributed by atoms with Crippen LogP contribution >= 0.6 is 22.7 Å². The molecule has 0 amide bonds. The Bertz CT molecular complexity index is 756. The molecule has 0 N–H and O–H groups in total. The lowest BCUT2D eigenvalue weighted by molar-refractivity contribution is -0.390. The number of ether oxygens (including phenoxy) is 1. The van der Waals surface area contributed by atoms with Crippen LogP contribution in [0.25, 0.3) is 10.6 Å². The fraction of sp³-hybridized carbons (Fsp3) is 0.0769. The highest BCUT2D eigenvalue weighted by Crippen LogP contribution is 2.27. The predicted octanol–water partition coefficient (Wildman–Crippen LogP) is 3.75. The Kier molecular flexibility index (Phi) is 3.89. The van der Waals surface area contributed by atoms with Gasteiger partial charge in [0.15, 0.2) is 0 Å². The first kappa shape index (κ1) is 13.7. The summed E-state index contributed by atoms with van der Waals surface area (Å²) in [6, 6.07) is 5.12. The monoisotopic (exact) mass is 319 g/mol. The van der Waals surface area contributed by atoms with Crippen LogP contribution < -0.4 is 4.74 Å². The first-order chi connectivity index (χ1) is 10.2. The molecule has 3 heterocycles. The van der Waals surface area contributed by atoms with Gasteiger partial charge in [0.2, 0.25) is 5.75 Å². The molecule has 0 aromatic carbocycles. The molecule has 0 aliphatic rings. The summed E-state index contributed by atoms with van der Waals surface area (Å²) in [6.45, 7) is 0.174. The fourth-order valence-corrected chi connectivity index (χ4v) is 3.19. The first-order valence-electron chi connectivity index (χ1n) is 5.93. The Morgan fingerprint density at radius 2 is 2.24 bits per heavy atom. The number of thiophene rings is 1. The lowest BCUT2D eigenvalue weighted by atomic mass is 10.3. The summed E-state index contributed by atoms with van der Waals surface area (Å²) in [5.41, 5.74) is 1.81. The lowest BCUT2D eigenvalue weighted by Gasteiger charge is -2.03. The van der Waals surface area contributed by atoms with Crippen molar-refractivity contribution >= 4 is 28.5 Å². The summed E-state index contributed by atoms with van der Waals surface area (Å²) in [4.78, 5) is 18.4. The van der Waals surface area contributed by atoms with E-state index in [1.54, 1.807) is 17.4 Å². The van der Waals surface area contributed by atoms with Crippen LogP contribution in [0.2, 0.25) is 0 Å². The number of thiazole rings is 1. The second-order valence-corrected chi connectivity index (χ2v) is 5.67. The van der Waals surface area contributed by atoms with Gasteiger partial charge in [-0.05, 0) is 33.5 Å². The van der Waals surface area contributed by atoms with Crippen molar-refractivity contribution in [2.45, 2.75) is 6.61 Å². The number of nitrogens with zero attached hydrogens (tertiary/aromatic N) is 3. The minimum atomic E-state index is -0.562. The number of aromatic nitrogens is 2. The van der Waals surface area contributed by atoms with E-state index in [9.17, 15) is 10.1 Å². The molecule has 0 bridgehead atoms. The molecular formula is C13H9N3O3S2. The van der Waals surface area contributed by atoms with Crippen molar-refractivity contribution in [3.63, 3.8) is 0 Å². The largest absolute Gasteiger partial charge is 0.479 e. The standard InChI is InChI=1S/C13H9N3O3S2/c17-16(18)12-11(2-1-4-14-12)19-6-10-8-21-13(15-10)9-3-5-20-7-9/h1-5,7-8H,6H2. The van der Waals surface area contributed by atoms with E-state index in [1.807, 2.05) is 22.2 Å². The molecule has 3 rings (SSSR count). The van der Waals surface area contributed by atoms with E-state index < -0.39 is 4.92 Å². The van der Waals surface area contributed by atoms with Crippen LogP contribution in [0.5, 0.6) is 5.75 Å². The Balaban J connectivity index is 1.73. The van der Waals surface area contributed by atoms with Gasteiger partial charge in [0.05, 0.1) is 5.69 Å². The van der Waals surface area contributed by atoms with Gasteiger partial charge < -0.3 is 14.9 Å². The molecule has 0 saturated heterocycles. The molecule has 0 unspecified atom stereocenters. The molecule has 106 valence electrons. The zero-order valence-corrected chi connectivity index (χ0v) is 12.3. The van der Waals surface area contributed by atoms with Crippen molar-refractivity contribution in [3.8, 4) is 16.3 Å². The van der Waals surface area contributed by atoms with Crippen molar-refractivity contribution in [3.05, 3.63) is 56.3 Å². The topological polar surface area (TPSA) is 78.2 Å². The maximum Gasteiger partial charge on any atom is 0.406 e. The van der Waals surface area contributed by atoms with Crippen LogP contribution in [-0.2, 0) is 6.61 Å². The van der Waals surface area contributed by atoms with Crippen LogP contribution in [0.1, 0.15) is 5.69 Å².